The van der Waals surface area contributed by atoms with E-state index in [1.165, 1.54) is 0 Å². The Labute approximate surface area is 119 Å². The van der Waals surface area contributed by atoms with Crippen molar-refractivity contribution in [1.82, 2.24) is 10.6 Å². The van der Waals surface area contributed by atoms with Crippen LogP contribution in [0, 0.1) is 0 Å². The van der Waals surface area contributed by atoms with Crippen LogP contribution in [-0.4, -0.2) is 32.6 Å². The second-order valence-corrected chi connectivity index (χ2v) is 5.37. The van der Waals surface area contributed by atoms with Crippen LogP contribution >= 0.6 is 11.6 Å². The number of amides is 1. The van der Waals surface area contributed by atoms with Gasteiger partial charge < -0.3 is 15.5 Å². The molecular formula is C14H20ClN3O. The summed E-state index contributed by atoms with van der Waals surface area (Å²) < 4.78 is 0. The lowest BCUT2D eigenvalue weighted by Gasteiger charge is -2.22. The summed E-state index contributed by atoms with van der Waals surface area (Å²) >= 11 is 6.22. The maximum Gasteiger partial charge on any atom is 0.239 e. The minimum Gasteiger partial charge on any atom is -0.365 e. The second kappa shape index (κ2) is 6.26. The van der Waals surface area contributed by atoms with E-state index < -0.39 is 0 Å². The van der Waals surface area contributed by atoms with Crippen LogP contribution in [0.3, 0.4) is 0 Å². The van der Waals surface area contributed by atoms with Crippen LogP contribution in [0.15, 0.2) is 18.2 Å². The van der Waals surface area contributed by atoms with Gasteiger partial charge in [-0.05, 0) is 32.0 Å². The van der Waals surface area contributed by atoms with Gasteiger partial charge in [0.15, 0.2) is 0 Å². The lowest BCUT2D eigenvalue weighted by atomic mass is 10.1. The average Bonchev–Trinajstić information content (AvgIpc) is 3.15. The number of nitrogens with one attached hydrogen (secondary N) is 2. The standard InChI is InChI=1S/C14H20ClN3O/c1-16-8-11-12(15)4-3-5-13(11)18(2)9-14(19)17-10-6-7-10/h3-5,10,16H,6-9H2,1-2H3,(H,17,19). The van der Waals surface area contributed by atoms with Crippen LogP contribution < -0.4 is 15.5 Å². The summed E-state index contributed by atoms with van der Waals surface area (Å²) in [6.45, 7) is 1.04. The molecule has 2 rings (SSSR count). The molecule has 1 fully saturated rings. The highest BCUT2D eigenvalue weighted by Gasteiger charge is 2.24. The Morgan fingerprint density at radius 1 is 1.47 bits per heavy atom. The van der Waals surface area contributed by atoms with E-state index in [0.717, 1.165) is 29.1 Å². The number of nitrogens with zero attached hydrogens (tertiary/aromatic N) is 1. The third-order valence-electron chi connectivity index (χ3n) is 3.18. The molecule has 1 aromatic rings. The van der Waals surface area contributed by atoms with E-state index in [0.29, 0.717) is 19.1 Å². The topological polar surface area (TPSA) is 44.4 Å². The molecule has 0 aromatic heterocycles. The van der Waals surface area contributed by atoms with Gasteiger partial charge in [-0.3, -0.25) is 4.79 Å². The average molecular weight is 282 g/mol. The molecule has 0 unspecified atom stereocenters. The van der Waals surface area contributed by atoms with Gasteiger partial charge in [0.25, 0.3) is 0 Å². The number of carbonyl (C=O) groups is 1. The van der Waals surface area contributed by atoms with Gasteiger partial charge in [0.1, 0.15) is 0 Å². The Kier molecular flexibility index (Phi) is 4.66. The molecule has 2 N–H and O–H groups in total. The number of benzene rings is 1. The summed E-state index contributed by atoms with van der Waals surface area (Å²) in [6.07, 6.45) is 2.22. The molecule has 19 heavy (non-hydrogen) atoms. The summed E-state index contributed by atoms with van der Waals surface area (Å²) in [5, 5.41) is 6.82. The zero-order valence-electron chi connectivity index (χ0n) is 11.4. The fourth-order valence-electron chi connectivity index (χ4n) is 2.06. The quantitative estimate of drug-likeness (QED) is 0.835. The summed E-state index contributed by atoms with van der Waals surface area (Å²) in [7, 11) is 3.80. The Bertz CT molecular complexity index is 460. The van der Waals surface area contributed by atoms with Gasteiger partial charge in [0.2, 0.25) is 5.91 Å². The van der Waals surface area contributed by atoms with Gasteiger partial charge in [0, 0.05) is 35.9 Å². The molecular weight excluding hydrogens is 262 g/mol. The van der Waals surface area contributed by atoms with E-state index in [-0.39, 0.29) is 5.91 Å². The van der Waals surface area contributed by atoms with E-state index in [4.69, 9.17) is 11.6 Å². The normalized spacial score (nSPS) is 14.3. The summed E-state index contributed by atoms with van der Waals surface area (Å²) in [5.74, 6) is 0.0698. The molecule has 1 aliphatic carbocycles. The first-order valence-electron chi connectivity index (χ1n) is 6.54. The molecule has 1 saturated carbocycles. The first kappa shape index (κ1) is 14.2. The van der Waals surface area contributed by atoms with Crippen molar-refractivity contribution in [1.29, 1.82) is 0 Å². The fourth-order valence-corrected chi connectivity index (χ4v) is 2.29. The third kappa shape index (κ3) is 3.85. The van der Waals surface area contributed by atoms with E-state index >= 15 is 0 Å². The Balaban J connectivity index is 2.06. The maximum atomic E-state index is 11.8. The van der Waals surface area contributed by atoms with Gasteiger partial charge in [-0.2, -0.15) is 0 Å². The van der Waals surface area contributed by atoms with Crippen molar-refractivity contribution in [2.45, 2.75) is 25.4 Å². The Morgan fingerprint density at radius 3 is 2.84 bits per heavy atom. The summed E-state index contributed by atoms with van der Waals surface area (Å²) in [6, 6.07) is 6.17. The van der Waals surface area contributed by atoms with E-state index in [9.17, 15) is 4.79 Å². The Morgan fingerprint density at radius 2 is 2.21 bits per heavy atom. The molecule has 0 saturated heterocycles. The molecule has 1 aromatic carbocycles. The van der Waals surface area contributed by atoms with E-state index in [1.807, 2.05) is 37.2 Å². The molecule has 0 heterocycles. The van der Waals surface area contributed by atoms with Crippen LogP contribution in [-0.2, 0) is 11.3 Å². The maximum absolute atomic E-state index is 11.8. The van der Waals surface area contributed by atoms with Gasteiger partial charge in [0.05, 0.1) is 6.54 Å². The van der Waals surface area contributed by atoms with Gasteiger partial charge >= 0.3 is 0 Å². The largest absolute Gasteiger partial charge is 0.365 e. The molecule has 0 radical (unpaired) electrons. The monoisotopic (exact) mass is 281 g/mol. The lowest BCUT2D eigenvalue weighted by molar-refractivity contribution is -0.119. The van der Waals surface area contributed by atoms with Crippen LogP contribution in [0.25, 0.3) is 0 Å². The molecule has 0 spiro atoms. The number of rotatable bonds is 6. The molecule has 104 valence electrons. The second-order valence-electron chi connectivity index (χ2n) is 4.97. The first-order valence-corrected chi connectivity index (χ1v) is 6.92. The Hall–Kier alpha value is -1.26. The van der Waals surface area contributed by atoms with Crippen LogP contribution in [0.5, 0.6) is 0 Å². The zero-order valence-corrected chi connectivity index (χ0v) is 12.1. The minimum atomic E-state index is 0.0698. The molecule has 0 aliphatic heterocycles. The molecule has 1 amide bonds. The lowest BCUT2D eigenvalue weighted by Crippen LogP contribution is -2.36. The minimum absolute atomic E-state index is 0.0698. The third-order valence-corrected chi connectivity index (χ3v) is 3.54. The number of anilines is 1. The van der Waals surface area contributed by atoms with Gasteiger partial charge in [-0.15, -0.1) is 0 Å². The number of likely N-dealkylation sites (N-methyl/N-ethyl adjacent to an activating group) is 1. The molecule has 0 bridgehead atoms. The van der Waals surface area contributed by atoms with E-state index in [1.54, 1.807) is 0 Å². The molecule has 5 heteroatoms. The van der Waals surface area contributed by atoms with Gasteiger partial charge in [-0.25, -0.2) is 0 Å². The van der Waals surface area contributed by atoms with Crippen LogP contribution in [0.1, 0.15) is 18.4 Å². The van der Waals surface area contributed by atoms with Crippen molar-refractivity contribution in [3.05, 3.63) is 28.8 Å². The van der Waals surface area contributed by atoms with Crippen molar-refractivity contribution in [2.24, 2.45) is 0 Å². The number of hydrogen-bond acceptors (Lipinski definition) is 3. The highest BCUT2D eigenvalue weighted by molar-refractivity contribution is 6.31. The molecule has 1 aliphatic rings. The van der Waals surface area contributed by atoms with Crippen LogP contribution in [0.4, 0.5) is 5.69 Å². The highest BCUT2D eigenvalue weighted by atomic mass is 35.5. The number of halogens is 1. The van der Waals surface area contributed by atoms with Gasteiger partial charge in [-0.1, -0.05) is 17.7 Å². The number of hydrogen-bond donors (Lipinski definition) is 2. The highest BCUT2D eigenvalue weighted by Crippen LogP contribution is 2.26. The van der Waals surface area contributed by atoms with E-state index in [2.05, 4.69) is 10.6 Å². The SMILES string of the molecule is CNCc1c(Cl)cccc1N(C)CC(=O)NC1CC1. The smallest absolute Gasteiger partial charge is 0.239 e. The molecule has 0 atom stereocenters. The zero-order chi connectivity index (χ0) is 13.8. The first-order chi connectivity index (χ1) is 9.11. The van der Waals surface area contributed by atoms with Crippen molar-refractivity contribution in [3.63, 3.8) is 0 Å². The summed E-state index contributed by atoms with van der Waals surface area (Å²) in [5.41, 5.74) is 2.01. The summed E-state index contributed by atoms with van der Waals surface area (Å²) in [4.78, 5) is 13.8. The van der Waals surface area contributed by atoms with Crippen molar-refractivity contribution >= 4 is 23.2 Å². The predicted octanol–water partition coefficient (Wildman–Crippen LogP) is 1.77. The van der Waals surface area contributed by atoms with Crippen molar-refractivity contribution < 1.29 is 4.79 Å². The fraction of sp³-hybridized carbons (Fsp3) is 0.500. The van der Waals surface area contributed by atoms with Crippen LogP contribution in [0.2, 0.25) is 5.02 Å². The predicted molar refractivity (Wildman–Crippen MR) is 78.7 cm³/mol. The van der Waals surface area contributed by atoms with Crippen molar-refractivity contribution in [3.8, 4) is 0 Å². The number of carbonyl (C=O) groups excluding carboxylic acids is 1. The molecule has 4 nitrogen and oxygen atoms in total. The van der Waals surface area contributed by atoms with Crippen molar-refractivity contribution in [2.75, 3.05) is 25.5 Å².